The molecule has 0 aliphatic heterocycles. The maximum atomic E-state index is 13.4. The van der Waals surface area contributed by atoms with Crippen LogP contribution in [0.1, 0.15) is 20.7 Å². The first-order valence-electron chi connectivity index (χ1n) is 10.7. The van der Waals surface area contributed by atoms with Gasteiger partial charge in [-0.25, -0.2) is 8.78 Å². The van der Waals surface area contributed by atoms with Gasteiger partial charge in [-0.05, 0) is 60.7 Å². The van der Waals surface area contributed by atoms with E-state index >= 15 is 0 Å². The topological polar surface area (TPSA) is 127 Å². The molecule has 0 saturated carbocycles. The predicted octanol–water partition coefficient (Wildman–Crippen LogP) is 6.95. The maximum Gasteiger partial charge on any atom is 0.271 e. The fraction of sp³-hybridized carbons (Fsp3) is 0. The minimum Gasteiger partial charge on any atom is -0.399 e. The standard InChI is InChI=1S/C13H8ClFN2O3.C13H10ClFN2O/c14-10-6-5-8(17(19)20)7-12(10)16-13(18)9-3-1-2-4-11(9)15;14-11-6-5-10(16)7-12(11)17-13(18)8-1-3-9(15)4-2-8/h1-7H,(H,16,18);1-7H,16H2,(H,17,18). The van der Waals surface area contributed by atoms with E-state index < -0.39 is 22.5 Å². The third-order valence-electron chi connectivity index (χ3n) is 4.87. The number of benzene rings is 4. The monoisotopic (exact) mass is 558 g/mol. The van der Waals surface area contributed by atoms with Crippen molar-refractivity contribution in [3.8, 4) is 0 Å². The highest BCUT2D eigenvalue weighted by Gasteiger charge is 2.15. The van der Waals surface area contributed by atoms with Gasteiger partial charge in [0.1, 0.15) is 11.6 Å². The van der Waals surface area contributed by atoms with E-state index in [-0.39, 0.29) is 27.9 Å². The van der Waals surface area contributed by atoms with E-state index in [0.29, 0.717) is 22.0 Å². The number of nitro groups is 1. The highest BCUT2D eigenvalue weighted by Crippen LogP contribution is 2.27. The Bertz CT molecular complexity index is 1500. The second-order valence-corrected chi connectivity index (χ2v) is 8.37. The molecule has 0 bridgehead atoms. The van der Waals surface area contributed by atoms with Crippen LogP contribution >= 0.6 is 23.2 Å². The molecule has 12 heteroatoms. The molecule has 0 atom stereocenters. The van der Waals surface area contributed by atoms with E-state index in [1.54, 1.807) is 18.2 Å². The second-order valence-electron chi connectivity index (χ2n) is 7.56. The fourth-order valence-corrected chi connectivity index (χ4v) is 3.32. The zero-order chi connectivity index (χ0) is 27.8. The molecule has 0 spiro atoms. The van der Waals surface area contributed by atoms with Gasteiger partial charge in [-0.15, -0.1) is 0 Å². The molecule has 194 valence electrons. The lowest BCUT2D eigenvalue weighted by molar-refractivity contribution is -0.384. The van der Waals surface area contributed by atoms with E-state index in [9.17, 15) is 28.5 Å². The zero-order valence-corrected chi connectivity index (χ0v) is 20.8. The van der Waals surface area contributed by atoms with Gasteiger partial charge in [0.2, 0.25) is 0 Å². The summed E-state index contributed by atoms with van der Waals surface area (Å²) < 4.78 is 26.2. The van der Waals surface area contributed by atoms with Crippen molar-refractivity contribution in [3.63, 3.8) is 0 Å². The van der Waals surface area contributed by atoms with Crippen LogP contribution < -0.4 is 16.4 Å². The summed E-state index contributed by atoms with van der Waals surface area (Å²) in [4.78, 5) is 33.8. The minimum atomic E-state index is -0.731. The van der Waals surface area contributed by atoms with Gasteiger partial charge in [-0.1, -0.05) is 35.3 Å². The normalized spacial score (nSPS) is 10.1. The number of anilines is 3. The third kappa shape index (κ3) is 7.48. The molecular formula is C26H18Cl2F2N4O4. The predicted molar refractivity (Wildman–Crippen MR) is 143 cm³/mol. The van der Waals surface area contributed by atoms with Crippen LogP contribution in [-0.2, 0) is 0 Å². The molecule has 0 fully saturated rings. The van der Waals surface area contributed by atoms with Crippen LogP contribution in [0.2, 0.25) is 10.0 Å². The average molecular weight is 559 g/mol. The van der Waals surface area contributed by atoms with Crippen LogP contribution in [0.25, 0.3) is 0 Å². The lowest BCUT2D eigenvalue weighted by Crippen LogP contribution is -2.14. The quantitative estimate of drug-likeness (QED) is 0.139. The summed E-state index contributed by atoms with van der Waals surface area (Å²) >= 11 is 11.8. The molecule has 0 saturated heterocycles. The van der Waals surface area contributed by atoms with Gasteiger partial charge < -0.3 is 16.4 Å². The molecule has 0 aliphatic rings. The molecule has 8 nitrogen and oxygen atoms in total. The number of non-ortho nitro benzene ring substituents is 1. The Morgan fingerprint density at radius 1 is 0.789 bits per heavy atom. The Balaban J connectivity index is 0.000000212. The number of nitro benzene ring substituents is 1. The largest absolute Gasteiger partial charge is 0.399 e. The number of rotatable bonds is 5. The van der Waals surface area contributed by atoms with Crippen molar-refractivity contribution in [2.75, 3.05) is 16.4 Å². The Hall–Kier alpha value is -4.54. The SMILES string of the molecule is Nc1ccc(Cl)c(NC(=O)c2ccc(F)cc2)c1.O=C(Nc1cc([N+](=O)[O-])ccc1Cl)c1ccccc1F. The molecule has 0 aliphatic carbocycles. The van der Waals surface area contributed by atoms with Crippen LogP contribution in [0, 0.1) is 21.7 Å². The number of nitrogens with zero attached hydrogens (tertiary/aromatic N) is 1. The van der Waals surface area contributed by atoms with Crippen molar-refractivity contribution in [2.24, 2.45) is 0 Å². The van der Waals surface area contributed by atoms with Gasteiger partial charge in [0, 0.05) is 23.4 Å². The Morgan fingerprint density at radius 2 is 1.37 bits per heavy atom. The molecule has 0 radical (unpaired) electrons. The molecule has 38 heavy (non-hydrogen) atoms. The minimum absolute atomic E-state index is 0.0501. The van der Waals surface area contributed by atoms with E-state index in [4.69, 9.17) is 28.9 Å². The van der Waals surface area contributed by atoms with E-state index in [2.05, 4.69) is 10.6 Å². The fourth-order valence-electron chi connectivity index (χ4n) is 2.99. The number of halogens is 4. The van der Waals surface area contributed by atoms with Crippen LogP contribution in [0.15, 0.2) is 84.9 Å². The zero-order valence-electron chi connectivity index (χ0n) is 19.3. The number of nitrogens with two attached hydrogens (primary N) is 1. The smallest absolute Gasteiger partial charge is 0.271 e. The van der Waals surface area contributed by atoms with Crippen molar-refractivity contribution in [1.82, 2.24) is 0 Å². The van der Waals surface area contributed by atoms with Gasteiger partial charge in [0.15, 0.2) is 0 Å². The molecule has 0 aromatic heterocycles. The van der Waals surface area contributed by atoms with Crippen molar-refractivity contribution in [3.05, 3.63) is 128 Å². The number of hydrogen-bond donors (Lipinski definition) is 3. The van der Waals surface area contributed by atoms with E-state index in [1.807, 2.05) is 0 Å². The molecule has 2 amide bonds. The highest BCUT2D eigenvalue weighted by atomic mass is 35.5. The number of carbonyl (C=O) groups is 2. The summed E-state index contributed by atoms with van der Waals surface area (Å²) in [5, 5.41) is 16.1. The molecular weight excluding hydrogens is 541 g/mol. The van der Waals surface area contributed by atoms with Crippen molar-refractivity contribution >= 4 is 57.8 Å². The summed E-state index contributed by atoms with van der Waals surface area (Å²) in [5.74, 6) is -2.19. The summed E-state index contributed by atoms with van der Waals surface area (Å²) in [5.41, 5.74) is 6.52. The van der Waals surface area contributed by atoms with Crippen LogP contribution in [0.4, 0.5) is 31.5 Å². The Morgan fingerprint density at radius 3 is 2.00 bits per heavy atom. The van der Waals surface area contributed by atoms with E-state index in [1.165, 1.54) is 54.6 Å². The first-order valence-corrected chi connectivity index (χ1v) is 11.4. The maximum absolute atomic E-state index is 13.4. The van der Waals surface area contributed by atoms with Gasteiger partial charge in [0.05, 0.1) is 31.9 Å². The van der Waals surface area contributed by atoms with Crippen LogP contribution in [0.5, 0.6) is 0 Å². The first kappa shape index (κ1) is 28.0. The average Bonchev–Trinajstić information content (AvgIpc) is 2.88. The summed E-state index contributed by atoms with van der Waals surface area (Å²) in [6, 6.07) is 19.0. The molecule has 0 unspecified atom stereocenters. The lowest BCUT2D eigenvalue weighted by atomic mass is 10.2. The molecule has 4 aromatic carbocycles. The van der Waals surface area contributed by atoms with Crippen LogP contribution in [0.3, 0.4) is 0 Å². The lowest BCUT2D eigenvalue weighted by Gasteiger charge is -2.08. The number of amides is 2. The Labute approximate surface area is 225 Å². The van der Waals surface area contributed by atoms with Crippen molar-refractivity contribution in [1.29, 1.82) is 0 Å². The van der Waals surface area contributed by atoms with Crippen molar-refractivity contribution in [2.45, 2.75) is 0 Å². The number of carbonyl (C=O) groups excluding carboxylic acids is 2. The number of hydrogen-bond acceptors (Lipinski definition) is 5. The molecule has 4 rings (SSSR count). The molecule has 4 aromatic rings. The van der Waals surface area contributed by atoms with Gasteiger partial charge in [-0.2, -0.15) is 0 Å². The summed E-state index contributed by atoms with van der Waals surface area (Å²) in [7, 11) is 0. The van der Waals surface area contributed by atoms with E-state index in [0.717, 1.165) is 12.1 Å². The van der Waals surface area contributed by atoms with Gasteiger partial charge in [-0.3, -0.25) is 19.7 Å². The van der Waals surface area contributed by atoms with Crippen LogP contribution in [-0.4, -0.2) is 16.7 Å². The first-order chi connectivity index (χ1) is 18.0. The number of nitrogen functional groups attached to an aromatic ring is 1. The second kappa shape index (κ2) is 12.6. The Kier molecular flexibility index (Phi) is 9.31. The van der Waals surface area contributed by atoms with Gasteiger partial charge in [0.25, 0.3) is 17.5 Å². The summed E-state index contributed by atoms with van der Waals surface area (Å²) in [6.07, 6.45) is 0. The third-order valence-corrected chi connectivity index (χ3v) is 5.53. The van der Waals surface area contributed by atoms with Gasteiger partial charge >= 0.3 is 0 Å². The van der Waals surface area contributed by atoms with Crippen molar-refractivity contribution < 1.29 is 23.3 Å². The summed E-state index contributed by atoms with van der Waals surface area (Å²) in [6.45, 7) is 0. The molecule has 4 N–H and O–H groups in total. The highest BCUT2D eigenvalue weighted by molar-refractivity contribution is 6.34. The molecule has 0 heterocycles. The number of nitrogens with one attached hydrogen (secondary N) is 2.